The van der Waals surface area contributed by atoms with Gasteiger partial charge in [-0.05, 0) is 26.7 Å². The molecule has 90 valence electrons. The number of rotatable bonds is 2. The van der Waals surface area contributed by atoms with E-state index in [9.17, 15) is 14.4 Å². The van der Waals surface area contributed by atoms with Crippen LogP contribution in [0, 0.1) is 11.3 Å². The molecule has 0 saturated carbocycles. The fourth-order valence-electron chi connectivity index (χ4n) is 1.47. The van der Waals surface area contributed by atoms with Gasteiger partial charge in [-0.25, -0.2) is 4.79 Å². The molecule has 1 aliphatic heterocycles. The van der Waals surface area contributed by atoms with Crippen LogP contribution < -0.4 is 5.32 Å². The minimum Gasteiger partial charge on any atom is -0.277 e. The molecule has 0 aromatic heterocycles. The molecular formula is C11H18N2O3. The van der Waals surface area contributed by atoms with E-state index in [1.807, 2.05) is 13.8 Å². The number of amides is 4. The molecule has 0 unspecified atom stereocenters. The van der Waals surface area contributed by atoms with Gasteiger partial charge in [0, 0.05) is 6.04 Å². The predicted molar refractivity (Wildman–Crippen MR) is 58.5 cm³/mol. The SMILES string of the molecule is CC(C)[C@H](C)N1C(=O)NC(=O)C(C)(C)C1=O. The topological polar surface area (TPSA) is 66.5 Å². The maximum atomic E-state index is 12.1. The van der Waals surface area contributed by atoms with Crippen LogP contribution in [0.2, 0.25) is 0 Å². The van der Waals surface area contributed by atoms with Crippen LogP contribution in [-0.4, -0.2) is 28.8 Å². The molecule has 0 radical (unpaired) electrons. The van der Waals surface area contributed by atoms with E-state index in [1.54, 1.807) is 6.92 Å². The Bertz CT molecular complexity index is 347. The van der Waals surface area contributed by atoms with Crippen molar-refractivity contribution in [3.05, 3.63) is 0 Å². The summed E-state index contributed by atoms with van der Waals surface area (Å²) in [6.45, 7) is 8.70. The Morgan fingerprint density at radius 1 is 1.12 bits per heavy atom. The summed E-state index contributed by atoms with van der Waals surface area (Å²) in [4.78, 5) is 36.3. The minimum absolute atomic E-state index is 0.152. The zero-order valence-corrected chi connectivity index (χ0v) is 10.3. The van der Waals surface area contributed by atoms with Gasteiger partial charge in [-0.1, -0.05) is 13.8 Å². The lowest BCUT2D eigenvalue weighted by atomic mass is 9.87. The van der Waals surface area contributed by atoms with Crippen LogP contribution in [0.3, 0.4) is 0 Å². The number of imide groups is 2. The van der Waals surface area contributed by atoms with Gasteiger partial charge < -0.3 is 0 Å². The summed E-state index contributed by atoms with van der Waals surface area (Å²) in [7, 11) is 0. The standard InChI is InChI=1S/C11H18N2O3/c1-6(2)7(3)13-9(15)11(4,5)8(14)12-10(13)16/h6-7H,1-5H3,(H,12,14,16)/t7-/m0/s1. The number of urea groups is 1. The highest BCUT2D eigenvalue weighted by Gasteiger charge is 2.48. The Morgan fingerprint density at radius 2 is 1.62 bits per heavy atom. The lowest BCUT2D eigenvalue weighted by molar-refractivity contribution is -0.150. The third kappa shape index (κ3) is 1.81. The summed E-state index contributed by atoms with van der Waals surface area (Å²) in [5, 5.41) is 2.21. The molecule has 1 atom stereocenters. The molecule has 16 heavy (non-hydrogen) atoms. The van der Waals surface area contributed by atoms with E-state index in [2.05, 4.69) is 5.32 Å². The maximum absolute atomic E-state index is 12.1. The number of nitrogens with zero attached hydrogens (tertiary/aromatic N) is 1. The summed E-state index contributed by atoms with van der Waals surface area (Å²) in [5.41, 5.74) is -1.17. The van der Waals surface area contributed by atoms with Crippen molar-refractivity contribution in [3.8, 4) is 0 Å². The first kappa shape index (κ1) is 12.7. The Morgan fingerprint density at radius 3 is 2.06 bits per heavy atom. The number of nitrogens with one attached hydrogen (secondary N) is 1. The molecule has 1 saturated heterocycles. The fourth-order valence-corrected chi connectivity index (χ4v) is 1.47. The van der Waals surface area contributed by atoms with E-state index < -0.39 is 23.3 Å². The van der Waals surface area contributed by atoms with Crippen LogP contribution >= 0.6 is 0 Å². The molecule has 5 heteroatoms. The first-order valence-electron chi connectivity index (χ1n) is 5.38. The monoisotopic (exact) mass is 226 g/mol. The van der Waals surface area contributed by atoms with Crippen LogP contribution in [0.5, 0.6) is 0 Å². The zero-order chi connectivity index (χ0) is 12.7. The molecule has 0 aliphatic carbocycles. The number of barbiturate groups is 1. The molecule has 1 fully saturated rings. The summed E-state index contributed by atoms with van der Waals surface area (Å²) in [6.07, 6.45) is 0. The third-order valence-electron chi connectivity index (χ3n) is 3.13. The highest BCUT2D eigenvalue weighted by atomic mass is 16.2. The van der Waals surface area contributed by atoms with Crippen molar-refractivity contribution < 1.29 is 14.4 Å². The van der Waals surface area contributed by atoms with Gasteiger partial charge in [-0.15, -0.1) is 0 Å². The van der Waals surface area contributed by atoms with Gasteiger partial charge in [0.15, 0.2) is 0 Å². The predicted octanol–water partition coefficient (Wildman–Crippen LogP) is 1.14. The van der Waals surface area contributed by atoms with Gasteiger partial charge in [0.2, 0.25) is 11.8 Å². The quantitative estimate of drug-likeness (QED) is 0.718. The summed E-state index contributed by atoms with van der Waals surface area (Å²) < 4.78 is 0. The Labute approximate surface area is 95.2 Å². The molecular weight excluding hydrogens is 208 g/mol. The van der Waals surface area contributed by atoms with Gasteiger partial charge in [0.1, 0.15) is 5.41 Å². The van der Waals surface area contributed by atoms with Gasteiger partial charge in [0.25, 0.3) is 0 Å². The molecule has 1 rings (SSSR count). The number of carbonyl (C=O) groups is 3. The largest absolute Gasteiger partial charge is 0.331 e. The van der Waals surface area contributed by atoms with Crippen molar-refractivity contribution in [2.45, 2.75) is 40.7 Å². The van der Waals surface area contributed by atoms with Gasteiger partial charge in [-0.3, -0.25) is 19.8 Å². The van der Waals surface area contributed by atoms with Crippen LogP contribution in [-0.2, 0) is 9.59 Å². The van der Waals surface area contributed by atoms with Crippen molar-refractivity contribution in [1.82, 2.24) is 10.2 Å². The second-order valence-electron chi connectivity index (χ2n) is 5.04. The number of hydrogen-bond donors (Lipinski definition) is 1. The van der Waals surface area contributed by atoms with Crippen molar-refractivity contribution >= 4 is 17.8 Å². The van der Waals surface area contributed by atoms with Crippen molar-refractivity contribution in [2.75, 3.05) is 0 Å². The van der Waals surface area contributed by atoms with E-state index >= 15 is 0 Å². The molecule has 4 amide bonds. The Balaban J connectivity index is 3.06. The molecule has 1 heterocycles. The van der Waals surface area contributed by atoms with Gasteiger partial charge >= 0.3 is 6.03 Å². The summed E-state index contributed by atoms with van der Waals surface area (Å²) in [5.74, 6) is -0.809. The van der Waals surface area contributed by atoms with Crippen LogP contribution in [0.15, 0.2) is 0 Å². The van der Waals surface area contributed by atoms with Crippen LogP contribution in [0.1, 0.15) is 34.6 Å². The van der Waals surface area contributed by atoms with Gasteiger partial charge in [-0.2, -0.15) is 0 Å². The Kier molecular flexibility index (Phi) is 3.08. The zero-order valence-electron chi connectivity index (χ0n) is 10.3. The molecule has 1 aliphatic rings. The Hall–Kier alpha value is -1.39. The van der Waals surface area contributed by atoms with Crippen molar-refractivity contribution in [2.24, 2.45) is 11.3 Å². The average Bonchev–Trinajstić information content (AvgIpc) is 2.15. The van der Waals surface area contributed by atoms with E-state index in [0.29, 0.717) is 0 Å². The second-order valence-corrected chi connectivity index (χ2v) is 5.04. The van der Waals surface area contributed by atoms with E-state index in [-0.39, 0.29) is 12.0 Å². The molecule has 0 aromatic rings. The molecule has 0 aromatic carbocycles. The molecule has 0 bridgehead atoms. The third-order valence-corrected chi connectivity index (χ3v) is 3.13. The number of hydrogen-bond acceptors (Lipinski definition) is 3. The first-order chi connectivity index (χ1) is 7.19. The highest BCUT2D eigenvalue weighted by molar-refractivity contribution is 6.18. The minimum atomic E-state index is -1.17. The van der Waals surface area contributed by atoms with E-state index in [0.717, 1.165) is 4.90 Å². The van der Waals surface area contributed by atoms with Crippen molar-refractivity contribution in [3.63, 3.8) is 0 Å². The smallest absolute Gasteiger partial charge is 0.277 e. The summed E-state index contributed by atoms with van der Waals surface area (Å²) >= 11 is 0. The lowest BCUT2D eigenvalue weighted by Crippen LogP contribution is -2.64. The lowest BCUT2D eigenvalue weighted by Gasteiger charge is -2.39. The normalized spacial score (nSPS) is 22.4. The van der Waals surface area contributed by atoms with Crippen molar-refractivity contribution in [1.29, 1.82) is 0 Å². The van der Waals surface area contributed by atoms with Gasteiger partial charge in [0.05, 0.1) is 0 Å². The van der Waals surface area contributed by atoms with Crippen LogP contribution in [0.4, 0.5) is 4.79 Å². The van der Waals surface area contributed by atoms with E-state index in [4.69, 9.17) is 0 Å². The summed E-state index contributed by atoms with van der Waals surface area (Å²) in [6, 6.07) is -0.838. The first-order valence-corrected chi connectivity index (χ1v) is 5.38. The van der Waals surface area contributed by atoms with Crippen LogP contribution in [0.25, 0.3) is 0 Å². The average molecular weight is 226 g/mol. The molecule has 1 N–H and O–H groups in total. The molecule has 5 nitrogen and oxygen atoms in total. The fraction of sp³-hybridized carbons (Fsp3) is 0.727. The maximum Gasteiger partial charge on any atom is 0.331 e. The molecule has 0 spiro atoms. The number of carbonyl (C=O) groups excluding carboxylic acids is 3. The highest BCUT2D eigenvalue weighted by Crippen LogP contribution is 2.26. The second kappa shape index (κ2) is 3.88. The van der Waals surface area contributed by atoms with E-state index in [1.165, 1.54) is 13.8 Å².